The summed E-state index contributed by atoms with van der Waals surface area (Å²) in [6.07, 6.45) is -3.16. The molecule has 0 bridgehead atoms. The van der Waals surface area contributed by atoms with Gasteiger partial charge in [-0.1, -0.05) is 0 Å². The summed E-state index contributed by atoms with van der Waals surface area (Å²) in [7, 11) is 0. The maximum Gasteiger partial charge on any atom is 0.283 e. The Balaban J connectivity index is 3.33. The van der Waals surface area contributed by atoms with Crippen LogP contribution in [-0.4, -0.2) is 4.98 Å². The molecule has 2 nitrogen and oxygen atoms in total. The van der Waals surface area contributed by atoms with Crippen molar-refractivity contribution in [3.63, 3.8) is 0 Å². The summed E-state index contributed by atoms with van der Waals surface area (Å²) in [5.41, 5.74) is -2.05. The number of pyridine rings is 1. The van der Waals surface area contributed by atoms with Crippen molar-refractivity contribution in [3.8, 4) is 6.07 Å². The molecule has 0 spiro atoms. The topological polar surface area (TPSA) is 36.7 Å². The number of nitriles is 1. The van der Waals surface area contributed by atoms with E-state index in [9.17, 15) is 17.6 Å². The van der Waals surface area contributed by atoms with E-state index in [4.69, 9.17) is 5.26 Å². The van der Waals surface area contributed by atoms with Crippen LogP contribution in [0.1, 0.15) is 17.8 Å². The predicted molar refractivity (Wildman–Crippen MR) is 33.8 cm³/mol. The summed E-state index contributed by atoms with van der Waals surface area (Å²) in [5.74, 6) is -2.70. The Morgan fingerprint density at radius 3 is 2.38 bits per heavy atom. The Morgan fingerprint density at radius 2 is 1.92 bits per heavy atom. The van der Waals surface area contributed by atoms with Crippen LogP contribution in [0.2, 0.25) is 0 Å². The second-order valence-electron chi connectivity index (χ2n) is 2.10. The molecule has 68 valence electrons. The molecule has 0 N–H and O–H groups in total. The van der Waals surface area contributed by atoms with Gasteiger partial charge in [-0.15, -0.1) is 0 Å². The number of rotatable bonds is 1. The zero-order chi connectivity index (χ0) is 10.0. The Bertz CT molecular complexity index is 369. The molecule has 0 radical (unpaired) electrons. The standard InChI is InChI=1S/C7H2F4N2/c8-3-1-4(9)6(7(10)11)13-5(3)2-12/h1,7H. The van der Waals surface area contributed by atoms with Crippen molar-refractivity contribution in [2.24, 2.45) is 0 Å². The van der Waals surface area contributed by atoms with Crippen LogP contribution in [0.15, 0.2) is 6.07 Å². The highest BCUT2D eigenvalue weighted by atomic mass is 19.3. The lowest BCUT2D eigenvalue weighted by molar-refractivity contribution is 0.140. The quantitative estimate of drug-likeness (QED) is 0.636. The first kappa shape index (κ1) is 9.45. The molecule has 6 heteroatoms. The van der Waals surface area contributed by atoms with Gasteiger partial charge in [0.25, 0.3) is 6.43 Å². The van der Waals surface area contributed by atoms with Crippen LogP contribution in [0.3, 0.4) is 0 Å². The summed E-state index contributed by atoms with van der Waals surface area (Å²) in [6, 6.07) is 1.45. The fraction of sp³-hybridized carbons (Fsp3) is 0.143. The number of halogens is 4. The van der Waals surface area contributed by atoms with E-state index in [0.29, 0.717) is 0 Å². The van der Waals surface area contributed by atoms with Crippen molar-refractivity contribution < 1.29 is 17.6 Å². The summed E-state index contributed by atoms with van der Waals surface area (Å²) in [5, 5.41) is 8.20. The van der Waals surface area contributed by atoms with Crippen molar-refractivity contribution in [2.45, 2.75) is 6.43 Å². The molecule has 1 heterocycles. The fourth-order valence-corrected chi connectivity index (χ4v) is 0.712. The van der Waals surface area contributed by atoms with Gasteiger partial charge in [0.15, 0.2) is 17.3 Å². The molecule has 0 amide bonds. The highest BCUT2D eigenvalue weighted by Crippen LogP contribution is 2.21. The molecule has 1 aromatic heterocycles. The summed E-state index contributed by atoms with van der Waals surface area (Å²) >= 11 is 0. The first-order valence-electron chi connectivity index (χ1n) is 3.10. The number of alkyl halides is 2. The molecule has 13 heavy (non-hydrogen) atoms. The van der Waals surface area contributed by atoms with E-state index in [-0.39, 0.29) is 6.07 Å². The fourth-order valence-electron chi connectivity index (χ4n) is 0.712. The lowest BCUT2D eigenvalue weighted by atomic mass is 10.3. The van der Waals surface area contributed by atoms with Crippen molar-refractivity contribution in [3.05, 3.63) is 29.1 Å². The molecule has 0 atom stereocenters. The lowest BCUT2D eigenvalue weighted by Gasteiger charge is -2.00. The lowest BCUT2D eigenvalue weighted by Crippen LogP contribution is -2.00. The molecule has 0 aliphatic carbocycles. The van der Waals surface area contributed by atoms with E-state index < -0.39 is 29.4 Å². The Morgan fingerprint density at radius 1 is 1.31 bits per heavy atom. The minimum absolute atomic E-state index is 0.215. The molecule has 1 rings (SSSR count). The summed E-state index contributed by atoms with van der Waals surface area (Å²) in [4.78, 5) is 2.83. The molecule has 0 fully saturated rings. The first-order valence-corrected chi connectivity index (χ1v) is 3.10. The van der Waals surface area contributed by atoms with Gasteiger partial charge >= 0.3 is 0 Å². The Kier molecular flexibility index (Phi) is 2.46. The molecule has 0 saturated heterocycles. The smallest absolute Gasteiger partial charge is 0.230 e. The van der Waals surface area contributed by atoms with Crippen molar-refractivity contribution >= 4 is 0 Å². The zero-order valence-corrected chi connectivity index (χ0v) is 6.06. The third-order valence-corrected chi connectivity index (χ3v) is 1.27. The average molecular weight is 190 g/mol. The average Bonchev–Trinajstić information content (AvgIpc) is 2.03. The summed E-state index contributed by atoms with van der Waals surface area (Å²) < 4.78 is 48.9. The maximum atomic E-state index is 12.5. The Hall–Kier alpha value is -1.64. The van der Waals surface area contributed by atoms with E-state index >= 15 is 0 Å². The number of aromatic nitrogens is 1. The first-order chi connectivity index (χ1) is 6.06. The van der Waals surface area contributed by atoms with Gasteiger partial charge in [0, 0.05) is 6.07 Å². The molecule has 0 aromatic carbocycles. The molecule has 1 aromatic rings. The highest BCUT2D eigenvalue weighted by molar-refractivity contribution is 5.25. The largest absolute Gasteiger partial charge is 0.283 e. The van der Waals surface area contributed by atoms with Gasteiger partial charge in [0.05, 0.1) is 0 Å². The zero-order valence-electron chi connectivity index (χ0n) is 6.06. The van der Waals surface area contributed by atoms with Crippen LogP contribution < -0.4 is 0 Å². The number of hydrogen-bond donors (Lipinski definition) is 0. The van der Waals surface area contributed by atoms with Gasteiger partial charge in [-0.2, -0.15) is 5.26 Å². The molecular weight excluding hydrogens is 188 g/mol. The summed E-state index contributed by atoms with van der Waals surface area (Å²) in [6.45, 7) is 0. The third kappa shape index (κ3) is 1.75. The van der Waals surface area contributed by atoms with Crippen LogP contribution in [0.5, 0.6) is 0 Å². The van der Waals surface area contributed by atoms with Crippen molar-refractivity contribution in [2.75, 3.05) is 0 Å². The van der Waals surface area contributed by atoms with Crippen LogP contribution in [-0.2, 0) is 0 Å². The Labute approximate surface area is 70.4 Å². The van der Waals surface area contributed by atoms with Gasteiger partial charge in [-0.05, 0) is 0 Å². The van der Waals surface area contributed by atoms with Crippen LogP contribution in [0, 0.1) is 23.0 Å². The predicted octanol–water partition coefficient (Wildman–Crippen LogP) is 2.17. The molecule has 0 aliphatic rings. The van der Waals surface area contributed by atoms with Gasteiger partial charge in [0.2, 0.25) is 0 Å². The van der Waals surface area contributed by atoms with Gasteiger partial charge < -0.3 is 0 Å². The van der Waals surface area contributed by atoms with E-state index in [1.165, 1.54) is 6.07 Å². The van der Waals surface area contributed by atoms with Gasteiger partial charge in [-0.3, -0.25) is 0 Å². The third-order valence-electron chi connectivity index (χ3n) is 1.27. The van der Waals surface area contributed by atoms with Crippen molar-refractivity contribution in [1.82, 2.24) is 4.98 Å². The molecule has 0 saturated carbocycles. The number of nitrogens with zero attached hydrogens (tertiary/aromatic N) is 2. The van der Waals surface area contributed by atoms with Crippen LogP contribution in [0.4, 0.5) is 17.6 Å². The van der Waals surface area contributed by atoms with E-state index in [1.54, 1.807) is 0 Å². The normalized spacial score (nSPS) is 10.2. The maximum absolute atomic E-state index is 12.5. The highest BCUT2D eigenvalue weighted by Gasteiger charge is 2.18. The van der Waals surface area contributed by atoms with E-state index in [1.807, 2.05) is 0 Å². The minimum atomic E-state index is -3.16. The van der Waals surface area contributed by atoms with E-state index in [2.05, 4.69) is 4.98 Å². The molecule has 0 unspecified atom stereocenters. The van der Waals surface area contributed by atoms with Gasteiger partial charge in [-0.25, -0.2) is 22.5 Å². The minimum Gasteiger partial charge on any atom is -0.230 e. The second-order valence-corrected chi connectivity index (χ2v) is 2.10. The van der Waals surface area contributed by atoms with E-state index in [0.717, 1.165) is 0 Å². The number of hydrogen-bond acceptors (Lipinski definition) is 2. The molecule has 0 aliphatic heterocycles. The van der Waals surface area contributed by atoms with Crippen LogP contribution in [0.25, 0.3) is 0 Å². The van der Waals surface area contributed by atoms with Gasteiger partial charge in [0.1, 0.15) is 11.8 Å². The SMILES string of the molecule is N#Cc1nc(C(F)F)c(F)cc1F. The van der Waals surface area contributed by atoms with Crippen molar-refractivity contribution in [1.29, 1.82) is 5.26 Å². The monoisotopic (exact) mass is 190 g/mol. The second kappa shape index (κ2) is 3.39. The van der Waals surface area contributed by atoms with Crippen LogP contribution >= 0.6 is 0 Å². The molecular formula is C7H2F4N2.